The van der Waals surface area contributed by atoms with Crippen LogP contribution >= 0.6 is 0 Å². The van der Waals surface area contributed by atoms with Crippen molar-refractivity contribution in [3.05, 3.63) is 0 Å². The summed E-state index contributed by atoms with van der Waals surface area (Å²) in [5, 5.41) is 10.1. The Kier molecular flexibility index (Phi) is 1.58. The minimum Gasteiger partial charge on any atom is -0.390 e. The molecule has 2 nitrogen and oxygen atoms in total. The molecule has 0 aromatic rings. The summed E-state index contributed by atoms with van der Waals surface area (Å²) < 4.78 is 6.46. The highest BCUT2D eigenvalue weighted by Gasteiger charge is 2.74. The molecule has 94 valence electrons. The fraction of sp³-hybridized carbons (Fsp3) is 1.00. The summed E-state index contributed by atoms with van der Waals surface area (Å²) in [6, 6.07) is 0. The number of hydrogen-bond donors (Lipinski definition) is 1. The molecule has 0 aromatic heterocycles. The average molecular weight is 234 g/mol. The Morgan fingerprint density at radius 2 is 1.59 bits per heavy atom. The first-order chi connectivity index (χ1) is 8.24. The van der Waals surface area contributed by atoms with Crippen LogP contribution in [0.25, 0.3) is 0 Å². The van der Waals surface area contributed by atoms with E-state index in [4.69, 9.17) is 4.74 Å². The van der Waals surface area contributed by atoms with Crippen LogP contribution in [0.2, 0.25) is 0 Å². The van der Waals surface area contributed by atoms with E-state index < -0.39 is 0 Å². The van der Waals surface area contributed by atoms with Crippen LogP contribution in [-0.4, -0.2) is 22.9 Å². The molecular formula is C15H22O2. The molecule has 17 heavy (non-hydrogen) atoms. The van der Waals surface area contributed by atoms with Crippen LogP contribution in [-0.2, 0) is 4.74 Å². The summed E-state index contributed by atoms with van der Waals surface area (Å²) in [7, 11) is 0. The first-order valence-electron chi connectivity index (χ1n) is 7.59. The van der Waals surface area contributed by atoms with Gasteiger partial charge >= 0.3 is 0 Å². The number of hydrogen-bond acceptors (Lipinski definition) is 2. The minimum atomic E-state index is -0.132. The van der Waals surface area contributed by atoms with E-state index >= 15 is 0 Å². The van der Waals surface area contributed by atoms with Crippen molar-refractivity contribution in [2.24, 2.45) is 23.2 Å². The SMILES string of the molecule is OC1CC12OC(C1CC1)CC1(CC1)C2C1CC1. The molecule has 1 N–H and O–H groups in total. The highest BCUT2D eigenvalue weighted by molar-refractivity contribution is 5.24. The molecule has 0 aromatic carbocycles. The highest BCUT2D eigenvalue weighted by atomic mass is 16.5. The van der Waals surface area contributed by atoms with E-state index in [1.165, 1.54) is 44.9 Å². The Labute approximate surface area is 103 Å². The van der Waals surface area contributed by atoms with Gasteiger partial charge in [0.05, 0.1) is 12.2 Å². The molecule has 4 atom stereocenters. The Morgan fingerprint density at radius 1 is 0.941 bits per heavy atom. The van der Waals surface area contributed by atoms with Gasteiger partial charge in [0.15, 0.2) is 0 Å². The summed E-state index contributed by atoms with van der Waals surface area (Å²) in [6.45, 7) is 0. The molecule has 0 radical (unpaired) electrons. The van der Waals surface area contributed by atoms with E-state index in [2.05, 4.69) is 0 Å². The van der Waals surface area contributed by atoms with E-state index in [9.17, 15) is 5.11 Å². The van der Waals surface area contributed by atoms with Gasteiger partial charge in [-0.25, -0.2) is 0 Å². The van der Waals surface area contributed by atoms with Gasteiger partial charge in [0.25, 0.3) is 0 Å². The summed E-state index contributed by atoms with van der Waals surface area (Å²) in [6.07, 6.45) is 11.0. The van der Waals surface area contributed by atoms with Gasteiger partial charge in [-0.15, -0.1) is 0 Å². The molecule has 0 amide bonds. The molecule has 2 heteroatoms. The molecule has 4 aliphatic carbocycles. The van der Waals surface area contributed by atoms with Gasteiger partial charge in [-0.05, 0) is 68.1 Å². The topological polar surface area (TPSA) is 29.5 Å². The molecule has 4 saturated carbocycles. The second kappa shape index (κ2) is 2.75. The lowest BCUT2D eigenvalue weighted by Gasteiger charge is -2.44. The Hall–Kier alpha value is -0.0800. The Bertz CT molecular complexity index is 367. The minimum absolute atomic E-state index is 0.0663. The van der Waals surface area contributed by atoms with Gasteiger partial charge in [0.1, 0.15) is 5.60 Å². The van der Waals surface area contributed by atoms with Crippen molar-refractivity contribution in [3.63, 3.8) is 0 Å². The van der Waals surface area contributed by atoms with Crippen LogP contribution < -0.4 is 0 Å². The lowest BCUT2D eigenvalue weighted by Crippen LogP contribution is -2.48. The van der Waals surface area contributed by atoms with Gasteiger partial charge in [-0.1, -0.05) is 0 Å². The van der Waals surface area contributed by atoms with Crippen LogP contribution in [0.4, 0.5) is 0 Å². The van der Waals surface area contributed by atoms with Crippen molar-refractivity contribution in [2.45, 2.75) is 69.2 Å². The molecule has 0 bridgehead atoms. The van der Waals surface area contributed by atoms with Crippen molar-refractivity contribution in [2.75, 3.05) is 0 Å². The van der Waals surface area contributed by atoms with E-state index in [0.717, 1.165) is 24.2 Å². The lowest BCUT2D eigenvalue weighted by molar-refractivity contribution is -0.164. The average Bonchev–Trinajstić information content (AvgIpc) is 3.16. The second-order valence-electron chi connectivity index (χ2n) is 7.55. The summed E-state index contributed by atoms with van der Waals surface area (Å²) in [4.78, 5) is 0. The maximum absolute atomic E-state index is 10.1. The number of rotatable bonds is 2. The zero-order valence-electron chi connectivity index (χ0n) is 10.4. The maximum Gasteiger partial charge on any atom is 0.101 e. The van der Waals surface area contributed by atoms with Crippen LogP contribution in [0.5, 0.6) is 0 Å². The zero-order chi connectivity index (χ0) is 11.3. The predicted octanol–water partition coefficient (Wildman–Crippen LogP) is 2.50. The third-order valence-corrected chi connectivity index (χ3v) is 6.21. The van der Waals surface area contributed by atoms with E-state index in [1.54, 1.807) is 0 Å². The molecule has 2 spiro atoms. The summed E-state index contributed by atoms with van der Waals surface area (Å²) in [5.74, 6) is 2.46. The first kappa shape index (κ1) is 9.80. The molecule has 1 heterocycles. The fourth-order valence-corrected chi connectivity index (χ4v) is 4.88. The molecule has 1 saturated heterocycles. The molecule has 5 fully saturated rings. The molecule has 1 aliphatic heterocycles. The van der Waals surface area contributed by atoms with Crippen molar-refractivity contribution >= 4 is 0 Å². The number of aliphatic hydroxyl groups is 1. The second-order valence-corrected chi connectivity index (χ2v) is 7.55. The van der Waals surface area contributed by atoms with E-state index in [-0.39, 0.29) is 11.7 Å². The molecule has 5 aliphatic rings. The van der Waals surface area contributed by atoms with E-state index in [0.29, 0.717) is 11.5 Å². The van der Waals surface area contributed by atoms with Crippen molar-refractivity contribution in [1.82, 2.24) is 0 Å². The van der Waals surface area contributed by atoms with Crippen LogP contribution in [0, 0.1) is 23.2 Å². The lowest BCUT2D eigenvalue weighted by atomic mass is 9.72. The smallest absolute Gasteiger partial charge is 0.101 e. The first-order valence-corrected chi connectivity index (χ1v) is 7.59. The van der Waals surface area contributed by atoms with Crippen LogP contribution in [0.3, 0.4) is 0 Å². The number of ether oxygens (including phenoxy) is 1. The van der Waals surface area contributed by atoms with Gasteiger partial charge in [-0.3, -0.25) is 0 Å². The van der Waals surface area contributed by atoms with Gasteiger partial charge in [-0.2, -0.15) is 0 Å². The fourth-order valence-electron chi connectivity index (χ4n) is 4.88. The molecule has 5 rings (SSSR count). The van der Waals surface area contributed by atoms with Gasteiger partial charge in [0, 0.05) is 6.42 Å². The molecule has 4 unspecified atom stereocenters. The van der Waals surface area contributed by atoms with Crippen molar-refractivity contribution in [1.29, 1.82) is 0 Å². The summed E-state index contributed by atoms with van der Waals surface area (Å²) >= 11 is 0. The standard InChI is InChI=1S/C15H22O2/c16-12-8-15(12)13(10-3-4-10)14(5-6-14)7-11(17-15)9-1-2-9/h9-13,16H,1-8H2. The largest absolute Gasteiger partial charge is 0.390 e. The van der Waals surface area contributed by atoms with Crippen molar-refractivity contribution < 1.29 is 9.84 Å². The van der Waals surface area contributed by atoms with Gasteiger partial charge in [0.2, 0.25) is 0 Å². The summed E-state index contributed by atoms with van der Waals surface area (Å²) in [5.41, 5.74) is 0.549. The predicted molar refractivity (Wildman–Crippen MR) is 63.4 cm³/mol. The monoisotopic (exact) mass is 234 g/mol. The number of aliphatic hydroxyl groups excluding tert-OH is 1. The van der Waals surface area contributed by atoms with E-state index in [1.807, 2.05) is 0 Å². The van der Waals surface area contributed by atoms with Crippen LogP contribution in [0.1, 0.15) is 51.4 Å². The zero-order valence-corrected chi connectivity index (χ0v) is 10.4. The van der Waals surface area contributed by atoms with Crippen LogP contribution in [0.15, 0.2) is 0 Å². The quantitative estimate of drug-likeness (QED) is 0.795. The molecular weight excluding hydrogens is 212 g/mol. The highest BCUT2D eigenvalue weighted by Crippen LogP contribution is 2.73. The third-order valence-electron chi connectivity index (χ3n) is 6.21. The Balaban J connectivity index is 1.51. The normalized spacial score (nSPS) is 55.2. The van der Waals surface area contributed by atoms with Gasteiger partial charge < -0.3 is 9.84 Å². The maximum atomic E-state index is 10.1. The van der Waals surface area contributed by atoms with Crippen molar-refractivity contribution in [3.8, 4) is 0 Å². The Morgan fingerprint density at radius 3 is 2.06 bits per heavy atom. The third kappa shape index (κ3) is 1.24.